The number of carbonyl (C=O) groups excluding carboxylic acids is 2. The van der Waals surface area contributed by atoms with E-state index in [1.807, 2.05) is 30.3 Å². The highest BCUT2D eigenvalue weighted by Crippen LogP contribution is 2.28. The zero-order valence-corrected chi connectivity index (χ0v) is 22.6. The lowest BCUT2D eigenvalue weighted by Crippen LogP contribution is -2.43. The van der Waals surface area contributed by atoms with Crippen molar-refractivity contribution in [2.24, 2.45) is 5.92 Å². The third-order valence-electron chi connectivity index (χ3n) is 6.88. The number of hydrogen-bond donors (Lipinski definition) is 3. The summed E-state index contributed by atoms with van der Waals surface area (Å²) in [6.07, 6.45) is 6.19. The van der Waals surface area contributed by atoms with Crippen LogP contribution in [0.2, 0.25) is 0 Å². The van der Waals surface area contributed by atoms with E-state index in [1.165, 1.54) is 13.3 Å². The summed E-state index contributed by atoms with van der Waals surface area (Å²) in [4.78, 5) is 24.5. The number of hydrogen-bond acceptors (Lipinski definition) is 5. The SMILES string of the molecule is COc1ccc(NS(=O)(=O)CC(CCNC(=O)CC(NC(C)=O)C2CCCCC2)c2ccccc2)cc1. The van der Waals surface area contributed by atoms with Crippen LogP contribution in [0, 0.1) is 5.92 Å². The summed E-state index contributed by atoms with van der Waals surface area (Å²) < 4.78 is 33.7. The molecule has 0 aromatic heterocycles. The van der Waals surface area contributed by atoms with Gasteiger partial charge in [-0.05, 0) is 55.0 Å². The van der Waals surface area contributed by atoms with Crippen LogP contribution in [0.5, 0.6) is 5.75 Å². The largest absolute Gasteiger partial charge is 0.497 e. The minimum Gasteiger partial charge on any atom is -0.497 e. The van der Waals surface area contributed by atoms with Crippen LogP contribution in [0.15, 0.2) is 54.6 Å². The van der Waals surface area contributed by atoms with Crippen LogP contribution >= 0.6 is 0 Å². The van der Waals surface area contributed by atoms with E-state index in [-0.39, 0.29) is 35.9 Å². The zero-order valence-electron chi connectivity index (χ0n) is 21.7. The van der Waals surface area contributed by atoms with Crippen molar-refractivity contribution in [3.05, 3.63) is 60.2 Å². The van der Waals surface area contributed by atoms with E-state index >= 15 is 0 Å². The van der Waals surface area contributed by atoms with Gasteiger partial charge in [0.2, 0.25) is 21.8 Å². The Bertz CT molecular complexity index is 1100. The van der Waals surface area contributed by atoms with Gasteiger partial charge in [0, 0.05) is 37.5 Å². The van der Waals surface area contributed by atoms with Crippen molar-refractivity contribution in [3.8, 4) is 5.75 Å². The van der Waals surface area contributed by atoms with E-state index in [9.17, 15) is 18.0 Å². The van der Waals surface area contributed by atoms with E-state index in [0.29, 0.717) is 30.3 Å². The number of amides is 2. The molecule has 2 aromatic rings. The first kappa shape index (κ1) is 28.5. The van der Waals surface area contributed by atoms with E-state index in [1.54, 1.807) is 31.4 Å². The van der Waals surface area contributed by atoms with Gasteiger partial charge in [-0.1, -0.05) is 49.6 Å². The summed E-state index contributed by atoms with van der Waals surface area (Å²) in [7, 11) is -2.10. The molecule has 37 heavy (non-hydrogen) atoms. The van der Waals surface area contributed by atoms with E-state index in [0.717, 1.165) is 31.2 Å². The highest BCUT2D eigenvalue weighted by Gasteiger charge is 2.27. The summed E-state index contributed by atoms with van der Waals surface area (Å²) in [6, 6.07) is 16.0. The minimum absolute atomic E-state index is 0.116. The van der Waals surface area contributed by atoms with Crippen LogP contribution in [-0.4, -0.2) is 45.7 Å². The molecule has 0 bridgehead atoms. The van der Waals surface area contributed by atoms with Crippen LogP contribution in [0.1, 0.15) is 63.4 Å². The summed E-state index contributed by atoms with van der Waals surface area (Å²) in [6.45, 7) is 1.83. The maximum Gasteiger partial charge on any atom is 0.233 e. The molecule has 0 saturated heterocycles. The van der Waals surface area contributed by atoms with Gasteiger partial charge in [-0.15, -0.1) is 0 Å². The second kappa shape index (κ2) is 14.0. The van der Waals surface area contributed by atoms with E-state index in [2.05, 4.69) is 15.4 Å². The molecule has 9 heteroatoms. The Morgan fingerprint density at radius 1 is 1.00 bits per heavy atom. The summed E-state index contributed by atoms with van der Waals surface area (Å²) in [5.74, 6) is 0.286. The fourth-order valence-electron chi connectivity index (χ4n) is 5.01. The second-order valence-electron chi connectivity index (χ2n) is 9.77. The Morgan fingerprint density at radius 3 is 2.30 bits per heavy atom. The van der Waals surface area contributed by atoms with Gasteiger partial charge in [0.15, 0.2) is 0 Å². The van der Waals surface area contributed by atoms with Gasteiger partial charge >= 0.3 is 0 Å². The lowest BCUT2D eigenvalue weighted by atomic mass is 9.82. The fourth-order valence-corrected chi connectivity index (χ4v) is 6.47. The predicted octanol–water partition coefficient (Wildman–Crippen LogP) is 4.20. The first-order valence-corrected chi connectivity index (χ1v) is 14.6. The predicted molar refractivity (Wildman–Crippen MR) is 146 cm³/mol. The monoisotopic (exact) mass is 529 g/mol. The van der Waals surface area contributed by atoms with Crippen molar-refractivity contribution in [1.82, 2.24) is 10.6 Å². The van der Waals surface area contributed by atoms with Gasteiger partial charge in [-0.25, -0.2) is 8.42 Å². The summed E-state index contributed by atoms with van der Waals surface area (Å²) in [5, 5.41) is 5.93. The minimum atomic E-state index is -3.65. The number of sulfonamides is 1. The van der Waals surface area contributed by atoms with Gasteiger partial charge in [-0.3, -0.25) is 14.3 Å². The van der Waals surface area contributed by atoms with Crippen LogP contribution in [0.25, 0.3) is 0 Å². The molecule has 2 amide bonds. The molecule has 1 aliphatic rings. The average Bonchev–Trinajstić information content (AvgIpc) is 2.88. The smallest absolute Gasteiger partial charge is 0.233 e. The van der Waals surface area contributed by atoms with Gasteiger partial charge in [0.1, 0.15) is 5.75 Å². The average molecular weight is 530 g/mol. The second-order valence-corrected chi connectivity index (χ2v) is 11.5. The molecule has 0 aliphatic heterocycles. The van der Waals surface area contributed by atoms with Gasteiger partial charge in [0.25, 0.3) is 0 Å². The molecule has 0 spiro atoms. The van der Waals surface area contributed by atoms with Crippen molar-refractivity contribution in [3.63, 3.8) is 0 Å². The number of ether oxygens (including phenoxy) is 1. The highest BCUT2D eigenvalue weighted by atomic mass is 32.2. The Morgan fingerprint density at radius 2 is 1.68 bits per heavy atom. The molecule has 2 unspecified atom stereocenters. The van der Waals surface area contributed by atoms with E-state index in [4.69, 9.17) is 4.74 Å². The molecule has 0 radical (unpaired) electrons. The highest BCUT2D eigenvalue weighted by molar-refractivity contribution is 7.92. The molecule has 1 fully saturated rings. The van der Waals surface area contributed by atoms with Crippen LogP contribution < -0.4 is 20.1 Å². The standard InChI is InChI=1S/C28H39N3O5S/c1-21(32)30-27(23-11-7-4-8-12-23)19-28(33)29-18-17-24(22-9-5-3-6-10-22)20-37(34,35)31-25-13-15-26(36-2)16-14-25/h3,5-6,9-10,13-16,23-24,27,31H,4,7-8,11-12,17-20H2,1-2H3,(H,29,33)(H,30,32). The lowest BCUT2D eigenvalue weighted by Gasteiger charge is -2.30. The molecule has 8 nitrogen and oxygen atoms in total. The molecule has 2 atom stereocenters. The number of anilines is 1. The number of carbonyl (C=O) groups is 2. The maximum absolute atomic E-state index is 13.0. The normalized spacial score (nSPS) is 15.8. The number of methoxy groups -OCH3 is 1. The van der Waals surface area contributed by atoms with Crippen molar-refractivity contribution >= 4 is 27.5 Å². The fraction of sp³-hybridized carbons (Fsp3) is 0.500. The third-order valence-corrected chi connectivity index (χ3v) is 8.27. The molecular formula is C28H39N3O5S. The molecule has 0 heterocycles. The molecule has 2 aromatic carbocycles. The van der Waals surface area contributed by atoms with Gasteiger partial charge < -0.3 is 15.4 Å². The Balaban J connectivity index is 1.59. The van der Waals surface area contributed by atoms with Gasteiger partial charge in [-0.2, -0.15) is 0 Å². The zero-order chi connectivity index (χ0) is 26.7. The maximum atomic E-state index is 13.0. The number of benzene rings is 2. The van der Waals surface area contributed by atoms with Crippen molar-refractivity contribution in [1.29, 1.82) is 0 Å². The van der Waals surface area contributed by atoms with E-state index < -0.39 is 10.0 Å². The summed E-state index contributed by atoms with van der Waals surface area (Å²) in [5.41, 5.74) is 1.36. The van der Waals surface area contributed by atoms with Crippen LogP contribution in [0.3, 0.4) is 0 Å². The van der Waals surface area contributed by atoms with Crippen molar-refractivity contribution < 1.29 is 22.7 Å². The quantitative estimate of drug-likeness (QED) is 0.360. The summed E-state index contributed by atoms with van der Waals surface area (Å²) >= 11 is 0. The Kier molecular flexibility index (Phi) is 10.8. The Labute approximate surface area is 220 Å². The number of nitrogens with one attached hydrogen (secondary N) is 3. The lowest BCUT2D eigenvalue weighted by molar-refractivity contribution is -0.123. The van der Waals surface area contributed by atoms with Crippen LogP contribution in [0.4, 0.5) is 5.69 Å². The number of rotatable bonds is 13. The third kappa shape index (κ3) is 9.72. The Hall–Kier alpha value is -3.07. The molecule has 1 aliphatic carbocycles. The first-order chi connectivity index (χ1) is 17.8. The van der Waals surface area contributed by atoms with Crippen molar-refractivity contribution in [2.75, 3.05) is 24.1 Å². The first-order valence-electron chi connectivity index (χ1n) is 13.0. The molecule has 1 saturated carbocycles. The molecule has 202 valence electrons. The molecule has 3 rings (SSSR count). The van der Waals surface area contributed by atoms with Crippen LogP contribution in [-0.2, 0) is 19.6 Å². The van der Waals surface area contributed by atoms with Gasteiger partial charge in [0.05, 0.1) is 12.9 Å². The molecular weight excluding hydrogens is 490 g/mol. The molecule has 3 N–H and O–H groups in total. The van der Waals surface area contributed by atoms with Crippen molar-refractivity contribution in [2.45, 2.75) is 63.8 Å². The topological polar surface area (TPSA) is 114 Å².